The van der Waals surface area contributed by atoms with E-state index in [-0.39, 0.29) is 5.91 Å². The average Bonchev–Trinajstić information content (AvgIpc) is 2.98. The number of hydrogen-bond donors (Lipinski definition) is 1. The fourth-order valence-electron chi connectivity index (χ4n) is 2.58. The third kappa shape index (κ3) is 3.10. The number of likely N-dealkylation sites (tertiary alicyclic amines) is 1. The molecule has 2 heterocycles. The van der Waals surface area contributed by atoms with Crippen LogP contribution in [-0.4, -0.2) is 34.1 Å². The molecule has 3 rings (SSSR count). The molecule has 0 atom stereocenters. The molecule has 1 aromatic heterocycles. The fourth-order valence-corrected chi connectivity index (χ4v) is 2.71. The van der Waals surface area contributed by atoms with Gasteiger partial charge >= 0.3 is 0 Å². The van der Waals surface area contributed by atoms with E-state index in [1.165, 1.54) is 0 Å². The Morgan fingerprint density at radius 1 is 1.29 bits per heavy atom. The van der Waals surface area contributed by atoms with Crippen molar-refractivity contribution >= 4 is 17.5 Å². The Labute approximate surface area is 129 Å². The van der Waals surface area contributed by atoms with Gasteiger partial charge in [0.2, 0.25) is 0 Å². The third-order valence-corrected chi connectivity index (χ3v) is 4.27. The van der Waals surface area contributed by atoms with Crippen LogP contribution < -0.4 is 0 Å². The summed E-state index contributed by atoms with van der Waals surface area (Å²) >= 11 is 5.88. The van der Waals surface area contributed by atoms with E-state index in [2.05, 4.69) is 17.1 Å². The number of aromatic nitrogens is 2. The predicted octanol–water partition coefficient (Wildman–Crippen LogP) is 3.60. The quantitative estimate of drug-likeness (QED) is 0.921. The monoisotopic (exact) mass is 303 g/mol. The molecule has 5 heteroatoms. The highest BCUT2D eigenvalue weighted by molar-refractivity contribution is 6.30. The zero-order valence-electron chi connectivity index (χ0n) is 12.0. The van der Waals surface area contributed by atoms with Gasteiger partial charge in [-0.3, -0.25) is 9.89 Å². The number of halogens is 1. The maximum absolute atomic E-state index is 12.4. The molecule has 1 saturated heterocycles. The number of nitrogens with one attached hydrogen (secondary N) is 1. The minimum atomic E-state index is 0.0367. The Morgan fingerprint density at radius 3 is 2.62 bits per heavy atom. The molecule has 1 amide bonds. The number of amides is 1. The second-order valence-electron chi connectivity index (χ2n) is 5.65. The third-order valence-electron chi connectivity index (χ3n) is 4.02. The van der Waals surface area contributed by atoms with Crippen LogP contribution in [0.2, 0.25) is 5.02 Å². The zero-order chi connectivity index (χ0) is 14.8. The van der Waals surface area contributed by atoms with Gasteiger partial charge in [0.15, 0.2) is 0 Å². The van der Waals surface area contributed by atoms with Crippen molar-refractivity contribution in [2.75, 3.05) is 13.1 Å². The number of carbonyl (C=O) groups is 1. The maximum atomic E-state index is 12.4. The van der Waals surface area contributed by atoms with Crippen molar-refractivity contribution in [3.05, 3.63) is 41.0 Å². The van der Waals surface area contributed by atoms with Crippen LogP contribution in [-0.2, 0) is 0 Å². The number of aromatic amines is 1. The van der Waals surface area contributed by atoms with Gasteiger partial charge in [0.25, 0.3) is 5.91 Å². The summed E-state index contributed by atoms with van der Waals surface area (Å²) in [5.41, 5.74) is 2.26. The van der Waals surface area contributed by atoms with Crippen molar-refractivity contribution in [3.63, 3.8) is 0 Å². The molecule has 1 N–H and O–H groups in total. The number of carbonyl (C=O) groups excluding carboxylic acids is 1. The molecular weight excluding hydrogens is 286 g/mol. The Morgan fingerprint density at radius 2 is 1.95 bits per heavy atom. The van der Waals surface area contributed by atoms with Crippen molar-refractivity contribution in [1.29, 1.82) is 0 Å². The number of nitrogens with zero attached hydrogens (tertiary/aromatic N) is 2. The first-order chi connectivity index (χ1) is 10.1. The van der Waals surface area contributed by atoms with Gasteiger partial charge in [-0.15, -0.1) is 0 Å². The summed E-state index contributed by atoms with van der Waals surface area (Å²) in [4.78, 5) is 14.3. The number of piperidine rings is 1. The van der Waals surface area contributed by atoms with Gasteiger partial charge in [-0.05, 0) is 37.0 Å². The van der Waals surface area contributed by atoms with Gasteiger partial charge < -0.3 is 4.90 Å². The van der Waals surface area contributed by atoms with Crippen LogP contribution in [0.5, 0.6) is 0 Å². The average molecular weight is 304 g/mol. The SMILES string of the molecule is CC1CCN(C(=O)c2cc(-c3ccc(Cl)cc3)n[nH]2)CC1. The summed E-state index contributed by atoms with van der Waals surface area (Å²) in [6.07, 6.45) is 2.15. The van der Waals surface area contributed by atoms with Crippen LogP contribution in [0.4, 0.5) is 0 Å². The highest BCUT2D eigenvalue weighted by Gasteiger charge is 2.22. The lowest BCUT2D eigenvalue weighted by Gasteiger charge is -2.29. The topological polar surface area (TPSA) is 49.0 Å². The fraction of sp³-hybridized carbons (Fsp3) is 0.375. The second-order valence-corrected chi connectivity index (χ2v) is 6.08. The number of H-pyrrole nitrogens is 1. The van der Waals surface area contributed by atoms with Crippen molar-refractivity contribution in [2.45, 2.75) is 19.8 Å². The minimum absolute atomic E-state index is 0.0367. The van der Waals surface area contributed by atoms with E-state index in [9.17, 15) is 4.79 Å². The number of rotatable bonds is 2. The van der Waals surface area contributed by atoms with E-state index >= 15 is 0 Å². The predicted molar refractivity (Wildman–Crippen MR) is 83.3 cm³/mol. The molecule has 110 valence electrons. The van der Waals surface area contributed by atoms with Crippen LogP contribution in [0.3, 0.4) is 0 Å². The molecule has 1 aliphatic rings. The molecule has 21 heavy (non-hydrogen) atoms. The van der Waals surface area contributed by atoms with Gasteiger partial charge in [0.05, 0.1) is 5.69 Å². The van der Waals surface area contributed by atoms with Crippen molar-refractivity contribution in [3.8, 4) is 11.3 Å². The van der Waals surface area contributed by atoms with Crippen molar-refractivity contribution in [2.24, 2.45) is 5.92 Å². The summed E-state index contributed by atoms with van der Waals surface area (Å²) < 4.78 is 0. The highest BCUT2D eigenvalue weighted by Crippen LogP contribution is 2.22. The van der Waals surface area contributed by atoms with E-state index in [1.54, 1.807) is 0 Å². The Balaban J connectivity index is 1.75. The van der Waals surface area contributed by atoms with Crippen LogP contribution in [0, 0.1) is 5.92 Å². The number of hydrogen-bond acceptors (Lipinski definition) is 2. The molecule has 4 nitrogen and oxygen atoms in total. The first-order valence-electron chi connectivity index (χ1n) is 7.24. The second kappa shape index (κ2) is 5.90. The lowest BCUT2D eigenvalue weighted by atomic mass is 9.99. The molecule has 0 spiro atoms. The largest absolute Gasteiger partial charge is 0.337 e. The Hall–Kier alpha value is -1.81. The van der Waals surface area contributed by atoms with Gasteiger partial charge in [0.1, 0.15) is 5.69 Å². The lowest BCUT2D eigenvalue weighted by Crippen LogP contribution is -2.38. The van der Waals surface area contributed by atoms with E-state index < -0.39 is 0 Å². The summed E-state index contributed by atoms with van der Waals surface area (Å²) in [7, 11) is 0. The van der Waals surface area contributed by atoms with Crippen molar-refractivity contribution < 1.29 is 4.79 Å². The molecule has 0 saturated carbocycles. The smallest absolute Gasteiger partial charge is 0.271 e. The lowest BCUT2D eigenvalue weighted by molar-refractivity contribution is 0.0691. The summed E-state index contributed by atoms with van der Waals surface area (Å²) in [6.45, 7) is 3.89. The molecule has 2 aromatic rings. The maximum Gasteiger partial charge on any atom is 0.271 e. The van der Waals surface area contributed by atoms with Crippen LogP contribution in [0.15, 0.2) is 30.3 Å². The van der Waals surface area contributed by atoms with Gasteiger partial charge in [0, 0.05) is 23.7 Å². The first kappa shape index (κ1) is 14.1. The normalized spacial score (nSPS) is 16.2. The molecule has 1 fully saturated rings. The first-order valence-corrected chi connectivity index (χ1v) is 7.62. The standard InChI is InChI=1S/C16H18ClN3O/c1-11-6-8-20(9-7-11)16(21)15-10-14(18-19-15)12-2-4-13(17)5-3-12/h2-5,10-11H,6-9H2,1H3,(H,18,19). The molecule has 1 aromatic carbocycles. The van der Waals surface area contributed by atoms with E-state index in [1.807, 2.05) is 35.2 Å². The highest BCUT2D eigenvalue weighted by atomic mass is 35.5. The van der Waals surface area contributed by atoms with Crippen LogP contribution in [0.1, 0.15) is 30.3 Å². The van der Waals surface area contributed by atoms with E-state index in [4.69, 9.17) is 11.6 Å². The summed E-state index contributed by atoms with van der Waals surface area (Å²) in [5, 5.41) is 7.77. The number of benzene rings is 1. The Bertz CT molecular complexity index is 627. The molecule has 0 unspecified atom stereocenters. The molecule has 0 bridgehead atoms. The molecular formula is C16H18ClN3O. The molecule has 1 aliphatic heterocycles. The minimum Gasteiger partial charge on any atom is -0.337 e. The molecule has 0 radical (unpaired) electrons. The van der Waals surface area contributed by atoms with Crippen LogP contribution in [0.25, 0.3) is 11.3 Å². The van der Waals surface area contributed by atoms with E-state index in [0.717, 1.165) is 37.2 Å². The van der Waals surface area contributed by atoms with Gasteiger partial charge in [-0.2, -0.15) is 5.10 Å². The van der Waals surface area contributed by atoms with Crippen LogP contribution >= 0.6 is 11.6 Å². The van der Waals surface area contributed by atoms with Gasteiger partial charge in [-0.25, -0.2) is 0 Å². The summed E-state index contributed by atoms with van der Waals surface area (Å²) in [5.74, 6) is 0.745. The summed E-state index contributed by atoms with van der Waals surface area (Å²) in [6, 6.07) is 9.24. The molecule has 0 aliphatic carbocycles. The zero-order valence-corrected chi connectivity index (χ0v) is 12.7. The van der Waals surface area contributed by atoms with Gasteiger partial charge in [-0.1, -0.05) is 30.7 Å². The van der Waals surface area contributed by atoms with E-state index in [0.29, 0.717) is 16.6 Å². The van der Waals surface area contributed by atoms with Crippen molar-refractivity contribution in [1.82, 2.24) is 15.1 Å². The Kier molecular flexibility index (Phi) is 3.97.